The molecule has 1 aromatic rings. The van der Waals surface area contributed by atoms with E-state index in [0.29, 0.717) is 0 Å². The fourth-order valence-electron chi connectivity index (χ4n) is 2.82. The van der Waals surface area contributed by atoms with Gasteiger partial charge in [-0.2, -0.15) is 0 Å². The van der Waals surface area contributed by atoms with Crippen molar-refractivity contribution in [1.82, 2.24) is 10.2 Å². The van der Waals surface area contributed by atoms with Crippen molar-refractivity contribution < 1.29 is 4.42 Å². The molecule has 0 unspecified atom stereocenters. The van der Waals surface area contributed by atoms with Crippen LogP contribution in [0.4, 0.5) is 0 Å². The molecule has 0 spiro atoms. The summed E-state index contributed by atoms with van der Waals surface area (Å²) in [7, 11) is 2.24. The minimum Gasteiger partial charge on any atom is -0.465 e. The molecule has 1 aliphatic carbocycles. The molecule has 1 aromatic heterocycles. The minimum absolute atomic E-state index is 0.775. The summed E-state index contributed by atoms with van der Waals surface area (Å²) in [6, 6.07) is 2.99. The standard InChI is InChI=1S/C15H26N2O/c1-4-16-10-15-9-13(12(2)18-15)11-17(3)14-7-5-6-8-14/h9,14,16H,4-8,10-11H2,1-3H3. The topological polar surface area (TPSA) is 28.4 Å². The lowest BCUT2D eigenvalue weighted by molar-refractivity contribution is 0.236. The van der Waals surface area contributed by atoms with Crippen molar-refractivity contribution >= 4 is 0 Å². The van der Waals surface area contributed by atoms with Crippen LogP contribution in [0.5, 0.6) is 0 Å². The van der Waals surface area contributed by atoms with Gasteiger partial charge in [0.05, 0.1) is 6.54 Å². The maximum absolute atomic E-state index is 5.79. The molecule has 3 nitrogen and oxygen atoms in total. The molecular formula is C15H26N2O. The Morgan fingerprint density at radius 3 is 2.78 bits per heavy atom. The monoisotopic (exact) mass is 250 g/mol. The summed E-state index contributed by atoms with van der Waals surface area (Å²) in [5.41, 5.74) is 1.34. The molecule has 18 heavy (non-hydrogen) atoms. The van der Waals surface area contributed by atoms with Crippen LogP contribution in [0.2, 0.25) is 0 Å². The Balaban J connectivity index is 1.93. The molecule has 0 atom stereocenters. The van der Waals surface area contributed by atoms with Crippen molar-refractivity contribution in [3.63, 3.8) is 0 Å². The Morgan fingerprint density at radius 2 is 2.11 bits per heavy atom. The molecule has 1 aliphatic rings. The summed E-state index contributed by atoms with van der Waals surface area (Å²) in [4.78, 5) is 2.49. The van der Waals surface area contributed by atoms with Gasteiger partial charge in [-0.3, -0.25) is 4.90 Å². The van der Waals surface area contributed by atoms with Crippen LogP contribution in [-0.4, -0.2) is 24.5 Å². The SMILES string of the molecule is CCNCc1cc(CN(C)C2CCCC2)c(C)o1. The van der Waals surface area contributed by atoms with Crippen molar-refractivity contribution in [2.45, 2.75) is 58.7 Å². The van der Waals surface area contributed by atoms with Gasteiger partial charge in [-0.1, -0.05) is 19.8 Å². The molecule has 0 radical (unpaired) electrons. The Kier molecular flexibility index (Phi) is 4.84. The molecular weight excluding hydrogens is 224 g/mol. The molecule has 1 N–H and O–H groups in total. The van der Waals surface area contributed by atoms with Crippen LogP contribution < -0.4 is 5.32 Å². The second-order valence-corrected chi connectivity index (χ2v) is 5.43. The zero-order valence-electron chi connectivity index (χ0n) is 12.0. The van der Waals surface area contributed by atoms with E-state index in [1.807, 2.05) is 0 Å². The smallest absolute Gasteiger partial charge is 0.118 e. The molecule has 1 heterocycles. The Labute approximate surface area is 111 Å². The second kappa shape index (κ2) is 6.39. The first-order valence-electron chi connectivity index (χ1n) is 7.20. The van der Waals surface area contributed by atoms with Gasteiger partial charge in [0, 0.05) is 18.2 Å². The lowest BCUT2D eigenvalue weighted by atomic mass is 10.1. The van der Waals surface area contributed by atoms with Gasteiger partial charge in [-0.25, -0.2) is 0 Å². The molecule has 1 fully saturated rings. The van der Waals surface area contributed by atoms with Gasteiger partial charge in [-0.05, 0) is 39.4 Å². The minimum atomic E-state index is 0.775. The van der Waals surface area contributed by atoms with E-state index in [-0.39, 0.29) is 0 Å². The Hall–Kier alpha value is -0.800. The Morgan fingerprint density at radius 1 is 1.39 bits per heavy atom. The largest absolute Gasteiger partial charge is 0.465 e. The molecule has 1 saturated carbocycles. The zero-order valence-corrected chi connectivity index (χ0v) is 12.0. The zero-order chi connectivity index (χ0) is 13.0. The highest BCUT2D eigenvalue weighted by Gasteiger charge is 2.20. The molecule has 0 amide bonds. The molecule has 0 aliphatic heterocycles. The number of aryl methyl sites for hydroxylation is 1. The average molecular weight is 250 g/mol. The van der Waals surface area contributed by atoms with Gasteiger partial charge in [0.2, 0.25) is 0 Å². The highest BCUT2D eigenvalue weighted by Crippen LogP contribution is 2.25. The van der Waals surface area contributed by atoms with Crippen molar-refractivity contribution in [2.24, 2.45) is 0 Å². The molecule has 0 bridgehead atoms. The molecule has 2 rings (SSSR count). The van der Waals surface area contributed by atoms with E-state index >= 15 is 0 Å². The first kappa shape index (κ1) is 13.6. The van der Waals surface area contributed by atoms with Crippen molar-refractivity contribution in [3.05, 3.63) is 23.2 Å². The highest BCUT2D eigenvalue weighted by atomic mass is 16.3. The van der Waals surface area contributed by atoms with Crippen LogP contribution in [0.3, 0.4) is 0 Å². The predicted molar refractivity (Wildman–Crippen MR) is 74.5 cm³/mol. The van der Waals surface area contributed by atoms with Crippen molar-refractivity contribution in [2.75, 3.05) is 13.6 Å². The normalized spacial score (nSPS) is 16.9. The average Bonchev–Trinajstić information content (AvgIpc) is 2.97. The van der Waals surface area contributed by atoms with Crippen LogP contribution in [0.25, 0.3) is 0 Å². The van der Waals surface area contributed by atoms with E-state index in [1.165, 1.54) is 31.2 Å². The van der Waals surface area contributed by atoms with Crippen LogP contribution in [0.15, 0.2) is 10.5 Å². The molecule has 0 aromatic carbocycles. The fourth-order valence-corrected chi connectivity index (χ4v) is 2.82. The summed E-state index contributed by atoms with van der Waals surface area (Å²) in [6.45, 7) is 7.03. The first-order chi connectivity index (χ1) is 8.70. The first-order valence-corrected chi connectivity index (χ1v) is 7.20. The van der Waals surface area contributed by atoms with Gasteiger partial charge < -0.3 is 9.73 Å². The maximum atomic E-state index is 5.79. The third kappa shape index (κ3) is 3.36. The lowest BCUT2D eigenvalue weighted by Crippen LogP contribution is -2.28. The van der Waals surface area contributed by atoms with Gasteiger partial charge >= 0.3 is 0 Å². The highest BCUT2D eigenvalue weighted by molar-refractivity contribution is 5.20. The summed E-state index contributed by atoms with van der Waals surface area (Å²) < 4.78 is 5.79. The summed E-state index contributed by atoms with van der Waals surface area (Å²) >= 11 is 0. The van der Waals surface area contributed by atoms with Gasteiger partial charge in [0.25, 0.3) is 0 Å². The lowest BCUT2D eigenvalue weighted by Gasteiger charge is -2.23. The van der Waals surface area contributed by atoms with Gasteiger partial charge in [0.15, 0.2) is 0 Å². The maximum Gasteiger partial charge on any atom is 0.118 e. The van der Waals surface area contributed by atoms with E-state index in [0.717, 1.165) is 37.2 Å². The Bertz CT molecular complexity index is 367. The van der Waals surface area contributed by atoms with Gasteiger partial charge in [0.1, 0.15) is 11.5 Å². The number of rotatable bonds is 6. The number of hydrogen-bond acceptors (Lipinski definition) is 3. The summed E-state index contributed by atoms with van der Waals surface area (Å²) in [5.74, 6) is 2.14. The van der Waals surface area contributed by atoms with Crippen LogP contribution in [0.1, 0.15) is 49.7 Å². The summed E-state index contributed by atoms with van der Waals surface area (Å²) in [6.07, 6.45) is 5.51. The van der Waals surface area contributed by atoms with E-state index in [4.69, 9.17) is 4.42 Å². The van der Waals surface area contributed by atoms with E-state index < -0.39 is 0 Å². The second-order valence-electron chi connectivity index (χ2n) is 5.43. The van der Waals surface area contributed by atoms with E-state index in [2.05, 4.69) is 37.2 Å². The fraction of sp³-hybridized carbons (Fsp3) is 0.733. The van der Waals surface area contributed by atoms with E-state index in [9.17, 15) is 0 Å². The number of furan rings is 1. The van der Waals surface area contributed by atoms with Gasteiger partial charge in [-0.15, -0.1) is 0 Å². The third-order valence-corrected chi connectivity index (χ3v) is 3.99. The third-order valence-electron chi connectivity index (χ3n) is 3.99. The van der Waals surface area contributed by atoms with Crippen LogP contribution >= 0.6 is 0 Å². The van der Waals surface area contributed by atoms with Crippen molar-refractivity contribution in [3.8, 4) is 0 Å². The van der Waals surface area contributed by atoms with Crippen LogP contribution in [0, 0.1) is 6.92 Å². The predicted octanol–water partition coefficient (Wildman–Crippen LogP) is 3.07. The molecule has 102 valence electrons. The number of nitrogens with one attached hydrogen (secondary N) is 1. The molecule has 3 heteroatoms. The summed E-state index contributed by atoms with van der Waals surface area (Å²) in [5, 5.41) is 3.31. The van der Waals surface area contributed by atoms with Crippen molar-refractivity contribution in [1.29, 1.82) is 0 Å². The quantitative estimate of drug-likeness (QED) is 0.841. The van der Waals surface area contributed by atoms with Crippen LogP contribution in [-0.2, 0) is 13.1 Å². The number of hydrogen-bond donors (Lipinski definition) is 1. The molecule has 0 saturated heterocycles. The number of nitrogens with zero attached hydrogens (tertiary/aromatic N) is 1. The van der Waals surface area contributed by atoms with E-state index in [1.54, 1.807) is 0 Å².